The summed E-state index contributed by atoms with van der Waals surface area (Å²) in [6.45, 7) is 6.46. The Bertz CT molecular complexity index is 360. The Morgan fingerprint density at radius 2 is 2.35 bits per heavy atom. The molecule has 1 aliphatic rings. The fraction of sp³-hybridized carbons (Fsp3) is 0.583. The van der Waals surface area contributed by atoms with Crippen LogP contribution in [0.3, 0.4) is 0 Å². The zero-order valence-corrected chi connectivity index (χ0v) is 11.0. The van der Waals surface area contributed by atoms with Gasteiger partial charge in [-0.05, 0) is 19.4 Å². The summed E-state index contributed by atoms with van der Waals surface area (Å²) in [7, 11) is 0. The van der Waals surface area contributed by atoms with Crippen molar-refractivity contribution < 1.29 is 9.47 Å². The lowest BCUT2D eigenvalue weighted by atomic mass is 10.2. The van der Waals surface area contributed by atoms with Gasteiger partial charge in [0.25, 0.3) is 0 Å². The average molecular weight is 259 g/mol. The smallest absolute Gasteiger partial charge is 0.221 e. The molecule has 0 fully saturated rings. The number of ether oxygens (including phenoxy) is 2. The van der Waals surface area contributed by atoms with E-state index in [4.69, 9.17) is 9.47 Å². The lowest BCUT2D eigenvalue weighted by molar-refractivity contribution is 0.204. The Morgan fingerprint density at radius 1 is 1.53 bits per heavy atom. The lowest BCUT2D eigenvalue weighted by Gasteiger charge is -2.13. The Balaban J connectivity index is 0.00000144. The number of nitrogens with one attached hydrogen (secondary N) is 1. The normalized spacial score (nSPS) is 15.9. The number of aromatic nitrogens is 1. The predicted molar refractivity (Wildman–Crippen MR) is 69.1 cm³/mol. The highest BCUT2D eigenvalue weighted by Crippen LogP contribution is 2.22. The summed E-state index contributed by atoms with van der Waals surface area (Å²) in [6.07, 6.45) is 1.16. The van der Waals surface area contributed by atoms with E-state index < -0.39 is 0 Å². The maximum absolute atomic E-state index is 5.66. The zero-order valence-electron chi connectivity index (χ0n) is 10.2. The summed E-state index contributed by atoms with van der Waals surface area (Å²) in [5.41, 5.74) is 1.09. The fourth-order valence-electron chi connectivity index (χ4n) is 1.51. The van der Waals surface area contributed by atoms with E-state index in [0.717, 1.165) is 25.1 Å². The largest absolute Gasteiger partial charge is 0.476 e. The third-order valence-electron chi connectivity index (χ3n) is 2.64. The van der Waals surface area contributed by atoms with E-state index in [0.29, 0.717) is 18.4 Å². The molecule has 2 rings (SSSR count). The molecule has 0 aromatic carbocycles. The van der Waals surface area contributed by atoms with Crippen molar-refractivity contribution in [2.24, 2.45) is 0 Å². The van der Waals surface area contributed by atoms with Crippen molar-refractivity contribution in [3.05, 3.63) is 17.7 Å². The zero-order chi connectivity index (χ0) is 11.4. The minimum absolute atomic E-state index is 0. The second-order valence-corrected chi connectivity index (χ2v) is 3.98. The molecule has 0 saturated carbocycles. The summed E-state index contributed by atoms with van der Waals surface area (Å²) in [5.74, 6) is 1.35. The maximum atomic E-state index is 5.66. The molecule has 1 aliphatic heterocycles. The van der Waals surface area contributed by atoms with Gasteiger partial charge in [0.05, 0.1) is 6.10 Å². The number of hydrogen-bond acceptors (Lipinski definition) is 4. The van der Waals surface area contributed by atoms with Gasteiger partial charge in [0.2, 0.25) is 11.8 Å². The molecule has 0 radical (unpaired) electrons. The van der Waals surface area contributed by atoms with Gasteiger partial charge in [-0.25, -0.2) is 0 Å². The van der Waals surface area contributed by atoms with E-state index in [2.05, 4.69) is 17.2 Å². The number of rotatable bonds is 3. The van der Waals surface area contributed by atoms with Crippen LogP contribution in [0.5, 0.6) is 11.8 Å². The Morgan fingerprint density at radius 3 is 3.12 bits per heavy atom. The van der Waals surface area contributed by atoms with Crippen LogP contribution in [0.1, 0.15) is 25.8 Å². The van der Waals surface area contributed by atoms with Crippen molar-refractivity contribution in [1.29, 1.82) is 0 Å². The Labute approximate surface area is 108 Å². The Kier molecular flexibility index (Phi) is 5.51. The third-order valence-corrected chi connectivity index (χ3v) is 2.64. The van der Waals surface area contributed by atoms with Crippen LogP contribution in [-0.4, -0.2) is 24.2 Å². The van der Waals surface area contributed by atoms with Gasteiger partial charge >= 0.3 is 0 Å². The summed E-state index contributed by atoms with van der Waals surface area (Å²) in [6, 6.07) is 3.92. The SMILES string of the molecule is CC[C@H](C)Oc1ccc2c(n1)OCCNC2.Cl. The van der Waals surface area contributed by atoms with Crippen molar-refractivity contribution in [2.75, 3.05) is 13.2 Å². The van der Waals surface area contributed by atoms with Crippen molar-refractivity contribution >= 4 is 12.4 Å². The van der Waals surface area contributed by atoms with Crippen LogP contribution in [0.4, 0.5) is 0 Å². The molecule has 0 spiro atoms. The van der Waals surface area contributed by atoms with Gasteiger partial charge in [0, 0.05) is 24.7 Å². The third kappa shape index (κ3) is 3.75. The van der Waals surface area contributed by atoms with Gasteiger partial charge in [-0.15, -0.1) is 12.4 Å². The molecule has 17 heavy (non-hydrogen) atoms. The highest BCUT2D eigenvalue weighted by Gasteiger charge is 2.12. The molecule has 1 aromatic rings. The topological polar surface area (TPSA) is 43.4 Å². The highest BCUT2D eigenvalue weighted by atomic mass is 35.5. The molecule has 0 saturated heterocycles. The first-order valence-corrected chi connectivity index (χ1v) is 5.79. The van der Waals surface area contributed by atoms with Crippen LogP contribution in [0.25, 0.3) is 0 Å². The van der Waals surface area contributed by atoms with Crippen LogP contribution in [0.2, 0.25) is 0 Å². The number of halogens is 1. The number of hydrogen-bond donors (Lipinski definition) is 1. The first-order valence-electron chi connectivity index (χ1n) is 5.79. The molecule has 1 aromatic heterocycles. The lowest BCUT2D eigenvalue weighted by Crippen LogP contribution is -2.16. The second-order valence-electron chi connectivity index (χ2n) is 3.98. The Hall–Kier alpha value is -1.00. The standard InChI is InChI=1S/C12H18N2O2.ClH/c1-3-9(2)16-11-5-4-10-8-13-6-7-15-12(10)14-11;/h4-5,9,13H,3,6-8H2,1-2H3;1H/t9-;/m0./s1. The summed E-state index contributed by atoms with van der Waals surface area (Å²) in [4.78, 5) is 4.38. The molecule has 0 bridgehead atoms. The van der Waals surface area contributed by atoms with Gasteiger partial charge in [0.1, 0.15) is 6.61 Å². The van der Waals surface area contributed by atoms with E-state index in [9.17, 15) is 0 Å². The monoisotopic (exact) mass is 258 g/mol. The molecular formula is C12H19ClN2O2. The summed E-state index contributed by atoms with van der Waals surface area (Å²) < 4.78 is 11.2. The highest BCUT2D eigenvalue weighted by molar-refractivity contribution is 5.85. The van der Waals surface area contributed by atoms with Crippen molar-refractivity contribution in [2.45, 2.75) is 32.9 Å². The molecule has 1 N–H and O–H groups in total. The predicted octanol–water partition coefficient (Wildman–Crippen LogP) is 2.16. The van der Waals surface area contributed by atoms with Crippen molar-refractivity contribution in [3.63, 3.8) is 0 Å². The van der Waals surface area contributed by atoms with Crippen LogP contribution >= 0.6 is 12.4 Å². The first-order chi connectivity index (χ1) is 7.79. The molecule has 0 amide bonds. The molecule has 2 heterocycles. The summed E-state index contributed by atoms with van der Waals surface area (Å²) in [5, 5.41) is 3.27. The molecule has 0 aliphatic carbocycles. The van der Waals surface area contributed by atoms with Gasteiger partial charge < -0.3 is 14.8 Å². The van der Waals surface area contributed by atoms with Gasteiger partial charge in [-0.3, -0.25) is 0 Å². The minimum atomic E-state index is 0. The maximum Gasteiger partial charge on any atom is 0.221 e. The van der Waals surface area contributed by atoms with Gasteiger partial charge in [-0.2, -0.15) is 4.98 Å². The molecule has 96 valence electrons. The van der Waals surface area contributed by atoms with Gasteiger partial charge in [-0.1, -0.05) is 6.92 Å². The molecule has 1 atom stereocenters. The molecular weight excluding hydrogens is 240 g/mol. The first kappa shape index (κ1) is 14.1. The quantitative estimate of drug-likeness (QED) is 0.902. The van der Waals surface area contributed by atoms with Crippen molar-refractivity contribution in [1.82, 2.24) is 10.3 Å². The number of fused-ring (bicyclic) bond motifs is 1. The molecule has 5 heteroatoms. The summed E-state index contributed by atoms with van der Waals surface area (Å²) >= 11 is 0. The minimum Gasteiger partial charge on any atom is -0.476 e. The van der Waals surface area contributed by atoms with E-state index in [1.807, 2.05) is 19.1 Å². The second kappa shape index (κ2) is 6.67. The van der Waals surface area contributed by atoms with Crippen LogP contribution < -0.4 is 14.8 Å². The fourth-order valence-corrected chi connectivity index (χ4v) is 1.51. The van der Waals surface area contributed by atoms with Crippen LogP contribution in [0.15, 0.2) is 12.1 Å². The average Bonchev–Trinajstić information content (AvgIpc) is 2.53. The van der Waals surface area contributed by atoms with E-state index in [-0.39, 0.29) is 18.5 Å². The van der Waals surface area contributed by atoms with Crippen LogP contribution in [0, 0.1) is 0 Å². The number of pyridine rings is 1. The van der Waals surface area contributed by atoms with Crippen LogP contribution in [-0.2, 0) is 6.54 Å². The molecule has 4 nitrogen and oxygen atoms in total. The number of nitrogens with zero attached hydrogens (tertiary/aromatic N) is 1. The van der Waals surface area contributed by atoms with Gasteiger partial charge in [0.15, 0.2) is 0 Å². The van der Waals surface area contributed by atoms with E-state index in [1.165, 1.54) is 0 Å². The van der Waals surface area contributed by atoms with Crippen molar-refractivity contribution in [3.8, 4) is 11.8 Å². The van der Waals surface area contributed by atoms with E-state index >= 15 is 0 Å². The van der Waals surface area contributed by atoms with E-state index in [1.54, 1.807) is 0 Å². The molecule has 0 unspecified atom stereocenters.